The molecule has 0 radical (unpaired) electrons. The van der Waals surface area contributed by atoms with Crippen molar-refractivity contribution in [2.75, 3.05) is 0 Å². The highest BCUT2D eigenvalue weighted by Gasteiger charge is 2.09. The van der Waals surface area contributed by atoms with Gasteiger partial charge in [0.2, 0.25) is 0 Å². The first-order valence-corrected chi connectivity index (χ1v) is 7.81. The molecular formula is C14H12N4S2. The molecule has 0 saturated heterocycles. The van der Waals surface area contributed by atoms with Crippen LogP contribution in [-0.2, 0) is 5.75 Å². The monoisotopic (exact) mass is 300 g/mol. The average molecular weight is 300 g/mol. The molecule has 3 N–H and O–H groups in total. The lowest BCUT2D eigenvalue weighted by molar-refractivity contribution is 1.19. The molecule has 0 unspecified atom stereocenters. The molecular weight excluding hydrogens is 288 g/mol. The van der Waals surface area contributed by atoms with Gasteiger partial charge in [-0.2, -0.15) is 0 Å². The fourth-order valence-corrected chi connectivity index (χ4v) is 3.90. The summed E-state index contributed by atoms with van der Waals surface area (Å²) in [5, 5.41) is 7.54. The zero-order chi connectivity index (χ0) is 13.9. The first kappa shape index (κ1) is 13.1. The highest BCUT2D eigenvalue weighted by atomic mass is 32.2. The summed E-state index contributed by atoms with van der Waals surface area (Å²) in [4.78, 5) is 8.73. The molecule has 0 fully saturated rings. The second kappa shape index (κ2) is 5.60. The van der Waals surface area contributed by atoms with Gasteiger partial charge in [0.1, 0.15) is 11.5 Å². The number of aromatic nitrogens is 2. The lowest BCUT2D eigenvalue weighted by Crippen LogP contribution is -2.15. The maximum atomic E-state index is 7.54. The molecule has 2 heterocycles. The fourth-order valence-electron chi connectivity index (χ4n) is 1.85. The van der Waals surface area contributed by atoms with Crippen LogP contribution >= 0.6 is 23.1 Å². The molecule has 0 spiro atoms. The van der Waals surface area contributed by atoms with Gasteiger partial charge < -0.3 is 5.73 Å². The predicted molar refractivity (Wildman–Crippen MR) is 84.4 cm³/mol. The fraction of sp³-hybridized carbons (Fsp3) is 0.0714. The molecule has 0 saturated carbocycles. The van der Waals surface area contributed by atoms with Crippen molar-refractivity contribution in [2.24, 2.45) is 5.73 Å². The number of fused-ring (bicyclic) bond motifs is 1. The number of benzene rings is 1. The molecule has 2 aromatic heterocycles. The van der Waals surface area contributed by atoms with Gasteiger partial charge in [-0.1, -0.05) is 30.0 Å². The number of hydrogen-bond acceptors (Lipinski definition) is 5. The van der Waals surface area contributed by atoms with E-state index in [4.69, 9.17) is 11.1 Å². The minimum Gasteiger partial charge on any atom is -0.382 e. The summed E-state index contributed by atoms with van der Waals surface area (Å²) in [6, 6.07) is 11.9. The second-order valence-corrected chi connectivity index (χ2v) is 6.41. The van der Waals surface area contributed by atoms with E-state index in [1.165, 1.54) is 4.70 Å². The summed E-state index contributed by atoms with van der Waals surface area (Å²) in [7, 11) is 0. The number of thioether (sulfide) groups is 1. The van der Waals surface area contributed by atoms with Crippen LogP contribution in [0.15, 0.2) is 46.9 Å². The first-order valence-electron chi connectivity index (χ1n) is 6.00. The third kappa shape index (κ3) is 2.66. The number of thiazole rings is 1. The highest BCUT2D eigenvalue weighted by Crippen LogP contribution is 2.31. The molecule has 0 amide bonds. The number of pyridine rings is 1. The van der Waals surface area contributed by atoms with Crippen LogP contribution in [0.5, 0.6) is 0 Å². The molecule has 1 aromatic carbocycles. The van der Waals surface area contributed by atoms with Crippen molar-refractivity contribution in [1.29, 1.82) is 5.41 Å². The van der Waals surface area contributed by atoms with E-state index in [9.17, 15) is 0 Å². The van der Waals surface area contributed by atoms with Crippen molar-refractivity contribution in [3.05, 3.63) is 53.9 Å². The van der Waals surface area contributed by atoms with E-state index in [-0.39, 0.29) is 5.84 Å². The lowest BCUT2D eigenvalue weighted by atomic mass is 10.2. The van der Waals surface area contributed by atoms with E-state index >= 15 is 0 Å². The number of nitrogen functional groups attached to an aromatic ring is 1. The Balaban J connectivity index is 1.81. The number of rotatable bonds is 4. The number of nitrogens with two attached hydrogens (primary N) is 1. The van der Waals surface area contributed by atoms with E-state index < -0.39 is 0 Å². The summed E-state index contributed by atoms with van der Waals surface area (Å²) in [6.07, 6.45) is 1.66. The zero-order valence-electron chi connectivity index (χ0n) is 10.5. The van der Waals surface area contributed by atoms with Crippen molar-refractivity contribution in [3.8, 4) is 0 Å². The van der Waals surface area contributed by atoms with Gasteiger partial charge in [0.25, 0.3) is 0 Å². The first-order chi connectivity index (χ1) is 9.74. The minimum absolute atomic E-state index is 0.00509. The quantitative estimate of drug-likeness (QED) is 0.440. The van der Waals surface area contributed by atoms with Gasteiger partial charge in [-0.15, -0.1) is 11.3 Å². The molecule has 0 bridgehead atoms. The van der Waals surface area contributed by atoms with Crippen molar-refractivity contribution in [2.45, 2.75) is 10.1 Å². The van der Waals surface area contributed by atoms with Gasteiger partial charge in [0.05, 0.1) is 10.2 Å². The average Bonchev–Trinajstić information content (AvgIpc) is 2.88. The molecule has 4 nitrogen and oxygen atoms in total. The van der Waals surface area contributed by atoms with Crippen molar-refractivity contribution < 1.29 is 0 Å². The Morgan fingerprint density at radius 3 is 2.90 bits per heavy atom. The summed E-state index contributed by atoms with van der Waals surface area (Å²) >= 11 is 3.32. The molecule has 0 aliphatic carbocycles. The highest BCUT2D eigenvalue weighted by molar-refractivity contribution is 8.00. The Hall–Kier alpha value is -1.92. The van der Waals surface area contributed by atoms with Crippen LogP contribution in [0.3, 0.4) is 0 Å². The number of para-hydroxylation sites is 1. The number of amidine groups is 1. The van der Waals surface area contributed by atoms with Crippen LogP contribution in [0.1, 0.15) is 11.3 Å². The topological polar surface area (TPSA) is 75.7 Å². The SMILES string of the molecule is N=C(N)c1ncccc1CSc1nc2ccccc2s1. The van der Waals surface area contributed by atoms with Crippen molar-refractivity contribution >= 4 is 39.2 Å². The van der Waals surface area contributed by atoms with Gasteiger partial charge in [0, 0.05) is 11.9 Å². The van der Waals surface area contributed by atoms with Crippen LogP contribution in [-0.4, -0.2) is 15.8 Å². The van der Waals surface area contributed by atoms with Gasteiger partial charge in [-0.05, 0) is 23.8 Å². The molecule has 6 heteroatoms. The van der Waals surface area contributed by atoms with E-state index in [0.29, 0.717) is 11.4 Å². The Labute approximate surface area is 124 Å². The largest absolute Gasteiger partial charge is 0.382 e. The second-order valence-electron chi connectivity index (χ2n) is 4.16. The maximum absolute atomic E-state index is 7.54. The zero-order valence-corrected chi connectivity index (χ0v) is 12.2. The Bertz CT molecular complexity index is 733. The van der Waals surface area contributed by atoms with Crippen LogP contribution in [0.4, 0.5) is 0 Å². The Morgan fingerprint density at radius 1 is 1.25 bits per heavy atom. The molecule has 3 rings (SSSR count). The maximum Gasteiger partial charge on any atom is 0.151 e. The Kier molecular flexibility index (Phi) is 3.66. The number of nitrogens with zero attached hydrogens (tertiary/aromatic N) is 2. The molecule has 0 aliphatic rings. The predicted octanol–water partition coefficient (Wildman–Crippen LogP) is 3.27. The standard InChI is InChI=1S/C14H12N4S2/c15-13(16)12-9(4-3-7-17-12)8-19-14-18-10-5-1-2-6-11(10)20-14/h1-7H,8H2,(H3,15,16). The Morgan fingerprint density at radius 2 is 2.10 bits per heavy atom. The van der Waals surface area contributed by atoms with Crippen molar-refractivity contribution in [3.63, 3.8) is 0 Å². The summed E-state index contributed by atoms with van der Waals surface area (Å²) in [5.74, 6) is 0.716. The van der Waals surface area contributed by atoms with Crippen LogP contribution in [0, 0.1) is 5.41 Å². The molecule has 3 aromatic rings. The van der Waals surface area contributed by atoms with Crippen molar-refractivity contribution in [1.82, 2.24) is 9.97 Å². The smallest absolute Gasteiger partial charge is 0.151 e. The van der Waals surface area contributed by atoms with E-state index in [1.807, 2.05) is 30.3 Å². The van der Waals surface area contributed by atoms with Crippen LogP contribution in [0.25, 0.3) is 10.2 Å². The number of hydrogen-bond donors (Lipinski definition) is 2. The van der Waals surface area contributed by atoms with E-state index in [0.717, 1.165) is 15.4 Å². The molecule has 0 aliphatic heterocycles. The third-order valence-electron chi connectivity index (χ3n) is 2.77. The molecule has 0 atom stereocenters. The van der Waals surface area contributed by atoms with E-state index in [1.54, 1.807) is 29.3 Å². The van der Waals surface area contributed by atoms with Crippen LogP contribution in [0.2, 0.25) is 0 Å². The van der Waals surface area contributed by atoms with Gasteiger partial charge >= 0.3 is 0 Å². The minimum atomic E-state index is 0.00509. The lowest BCUT2D eigenvalue weighted by Gasteiger charge is -2.04. The van der Waals surface area contributed by atoms with Gasteiger partial charge in [0.15, 0.2) is 4.34 Å². The molecule has 100 valence electrons. The van der Waals surface area contributed by atoms with E-state index in [2.05, 4.69) is 16.0 Å². The summed E-state index contributed by atoms with van der Waals surface area (Å²) in [5.41, 5.74) is 8.09. The summed E-state index contributed by atoms with van der Waals surface area (Å²) < 4.78 is 2.21. The van der Waals surface area contributed by atoms with Crippen LogP contribution < -0.4 is 5.73 Å². The van der Waals surface area contributed by atoms with Gasteiger partial charge in [-0.25, -0.2) is 4.98 Å². The van der Waals surface area contributed by atoms with Gasteiger partial charge in [-0.3, -0.25) is 10.4 Å². The molecule has 20 heavy (non-hydrogen) atoms. The third-order valence-corrected chi connectivity index (χ3v) is 5.00. The normalized spacial score (nSPS) is 10.8. The number of nitrogens with one attached hydrogen (secondary N) is 1. The summed E-state index contributed by atoms with van der Waals surface area (Å²) in [6.45, 7) is 0.